The number of rotatable bonds is 4. The summed E-state index contributed by atoms with van der Waals surface area (Å²) in [5.74, 6) is 1.09. The molecule has 0 radical (unpaired) electrons. The molecular weight excluding hydrogens is 304 g/mol. The van der Waals surface area contributed by atoms with E-state index in [9.17, 15) is 0 Å². The molecule has 0 spiro atoms. The molecular formula is C23H24N2. The zero-order chi connectivity index (χ0) is 16.9. The average molecular weight is 328 g/mol. The van der Waals surface area contributed by atoms with Crippen molar-refractivity contribution < 1.29 is 0 Å². The van der Waals surface area contributed by atoms with Crippen molar-refractivity contribution >= 4 is 11.4 Å². The van der Waals surface area contributed by atoms with Crippen molar-refractivity contribution in [2.45, 2.75) is 18.3 Å². The lowest BCUT2D eigenvalue weighted by Crippen LogP contribution is -2.34. The van der Waals surface area contributed by atoms with Gasteiger partial charge in [0.1, 0.15) is 0 Å². The first-order valence-electron chi connectivity index (χ1n) is 9.08. The summed E-state index contributed by atoms with van der Waals surface area (Å²) in [5, 5.41) is 7.09. The Balaban J connectivity index is 1.60. The van der Waals surface area contributed by atoms with Crippen LogP contribution in [0.3, 0.4) is 0 Å². The summed E-state index contributed by atoms with van der Waals surface area (Å²) >= 11 is 0. The van der Waals surface area contributed by atoms with Gasteiger partial charge in [0.2, 0.25) is 0 Å². The third-order valence-corrected chi connectivity index (χ3v) is 5.09. The largest absolute Gasteiger partial charge is 0.356 e. The van der Waals surface area contributed by atoms with Gasteiger partial charge in [0.25, 0.3) is 0 Å². The van der Waals surface area contributed by atoms with Crippen molar-refractivity contribution in [3.05, 3.63) is 96.1 Å². The molecule has 126 valence electrons. The highest BCUT2D eigenvalue weighted by Gasteiger charge is 2.27. The molecule has 2 atom stereocenters. The van der Waals surface area contributed by atoms with Crippen LogP contribution in [0.2, 0.25) is 0 Å². The van der Waals surface area contributed by atoms with Crippen molar-refractivity contribution in [3.8, 4) is 0 Å². The van der Waals surface area contributed by atoms with Gasteiger partial charge in [0.15, 0.2) is 0 Å². The van der Waals surface area contributed by atoms with E-state index in [0.29, 0.717) is 11.8 Å². The predicted octanol–water partition coefficient (Wildman–Crippen LogP) is 5.29. The van der Waals surface area contributed by atoms with E-state index in [4.69, 9.17) is 0 Å². The van der Waals surface area contributed by atoms with Crippen LogP contribution in [0.15, 0.2) is 84.9 Å². The Labute approximate surface area is 149 Å². The fourth-order valence-corrected chi connectivity index (χ4v) is 3.84. The molecule has 2 nitrogen and oxygen atoms in total. The summed E-state index contributed by atoms with van der Waals surface area (Å²) in [5.41, 5.74) is 5.15. The van der Waals surface area contributed by atoms with Crippen LogP contribution in [0.1, 0.15) is 29.4 Å². The van der Waals surface area contributed by atoms with Crippen LogP contribution in [-0.4, -0.2) is 13.1 Å². The molecule has 0 saturated carbocycles. The Kier molecular flexibility index (Phi) is 4.80. The SMILES string of the molecule is c1ccc(Nc2cccc(C3CCNCC3c3ccccc3)c2)cc1. The second-order valence-corrected chi connectivity index (χ2v) is 6.73. The number of para-hydroxylation sites is 1. The minimum absolute atomic E-state index is 0.530. The van der Waals surface area contributed by atoms with E-state index >= 15 is 0 Å². The maximum absolute atomic E-state index is 3.57. The summed E-state index contributed by atoms with van der Waals surface area (Å²) in [6.07, 6.45) is 1.17. The molecule has 1 aliphatic rings. The van der Waals surface area contributed by atoms with E-state index in [1.807, 2.05) is 6.07 Å². The number of hydrogen-bond donors (Lipinski definition) is 2. The van der Waals surface area contributed by atoms with Crippen LogP contribution in [0.25, 0.3) is 0 Å². The van der Waals surface area contributed by atoms with Gasteiger partial charge in [-0.2, -0.15) is 0 Å². The number of nitrogens with one attached hydrogen (secondary N) is 2. The van der Waals surface area contributed by atoms with Crippen LogP contribution < -0.4 is 10.6 Å². The quantitative estimate of drug-likeness (QED) is 0.680. The molecule has 4 rings (SSSR count). The maximum atomic E-state index is 3.57. The molecule has 1 heterocycles. The Morgan fingerprint density at radius 2 is 1.36 bits per heavy atom. The van der Waals surface area contributed by atoms with E-state index in [0.717, 1.165) is 24.5 Å². The normalized spacial score (nSPS) is 20.2. The zero-order valence-electron chi connectivity index (χ0n) is 14.4. The molecule has 25 heavy (non-hydrogen) atoms. The first-order chi connectivity index (χ1) is 12.4. The smallest absolute Gasteiger partial charge is 0.0387 e. The van der Waals surface area contributed by atoms with Crippen LogP contribution in [0, 0.1) is 0 Å². The molecule has 0 bridgehead atoms. The molecule has 3 aromatic carbocycles. The molecule has 1 aliphatic heterocycles. The first kappa shape index (κ1) is 15.9. The Morgan fingerprint density at radius 3 is 2.16 bits per heavy atom. The summed E-state index contributed by atoms with van der Waals surface area (Å²) in [6.45, 7) is 2.13. The average Bonchev–Trinajstić information content (AvgIpc) is 2.70. The molecule has 2 N–H and O–H groups in total. The molecule has 0 aromatic heterocycles. The van der Waals surface area contributed by atoms with E-state index in [1.165, 1.54) is 17.5 Å². The topological polar surface area (TPSA) is 24.1 Å². The number of anilines is 2. The summed E-state index contributed by atoms with van der Waals surface area (Å²) in [6, 6.07) is 30.2. The molecule has 1 fully saturated rings. The molecule has 2 heteroatoms. The third kappa shape index (κ3) is 3.75. The van der Waals surface area contributed by atoms with Crippen LogP contribution in [0.4, 0.5) is 11.4 Å². The molecule has 0 amide bonds. The summed E-state index contributed by atoms with van der Waals surface area (Å²) < 4.78 is 0. The van der Waals surface area contributed by atoms with E-state index in [1.54, 1.807) is 0 Å². The number of benzene rings is 3. The van der Waals surface area contributed by atoms with Gasteiger partial charge in [-0.15, -0.1) is 0 Å². The van der Waals surface area contributed by atoms with Crippen molar-refractivity contribution in [1.29, 1.82) is 0 Å². The molecule has 3 aromatic rings. The second kappa shape index (κ2) is 7.54. The lowest BCUT2D eigenvalue weighted by atomic mass is 9.77. The Morgan fingerprint density at radius 1 is 0.680 bits per heavy atom. The standard InChI is InChI=1S/C23H24N2/c1-3-8-18(9-4-1)23-17-24-15-14-22(23)19-10-7-13-21(16-19)25-20-11-5-2-6-12-20/h1-13,16,22-25H,14-15,17H2. The molecule has 0 aliphatic carbocycles. The fourth-order valence-electron chi connectivity index (χ4n) is 3.84. The van der Waals surface area contributed by atoms with Gasteiger partial charge in [0.05, 0.1) is 0 Å². The van der Waals surface area contributed by atoms with E-state index in [-0.39, 0.29) is 0 Å². The third-order valence-electron chi connectivity index (χ3n) is 5.09. The van der Waals surface area contributed by atoms with Crippen LogP contribution in [0.5, 0.6) is 0 Å². The van der Waals surface area contributed by atoms with Crippen LogP contribution >= 0.6 is 0 Å². The van der Waals surface area contributed by atoms with Crippen molar-refractivity contribution in [3.63, 3.8) is 0 Å². The van der Waals surface area contributed by atoms with Gasteiger partial charge in [-0.05, 0) is 54.3 Å². The molecule has 1 saturated heterocycles. The lowest BCUT2D eigenvalue weighted by molar-refractivity contribution is 0.404. The van der Waals surface area contributed by atoms with E-state index in [2.05, 4.69) is 89.5 Å². The molecule has 2 unspecified atom stereocenters. The van der Waals surface area contributed by atoms with E-state index < -0.39 is 0 Å². The maximum Gasteiger partial charge on any atom is 0.0387 e. The monoisotopic (exact) mass is 328 g/mol. The minimum Gasteiger partial charge on any atom is -0.356 e. The van der Waals surface area contributed by atoms with Gasteiger partial charge in [-0.1, -0.05) is 60.7 Å². The lowest BCUT2D eigenvalue weighted by Gasteiger charge is -2.33. The summed E-state index contributed by atoms with van der Waals surface area (Å²) in [4.78, 5) is 0. The number of hydrogen-bond acceptors (Lipinski definition) is 2. The number of piperidine rings is 1. The second-order valence-electron chi connectivity index (χ2n) is 6.73. The van der Waals surface area contributed by atoms with Crippen molar-refractivity contribution in [2.24, 2.45) is 0 Å². The Bertz CT molecular complexity index is 799. The van der Waals surface area contributed by atoms with Gasteiger partial charge in [0, 0.05) is 23.8 Å². The van der Waals surface area contributed by atoms with Crippen molar-refractivity contribution in [1.82, 2.24) is 5.32 Å². The fraction of sp³-hybridized carbons (Fsp3) is 0.217. The highest BCUT2D eigenvalue weighted by Crippen LogP contribution is 2.38. The highest BCUT2D eigenvalue weighted by atomic mass is 14.9. The summed E-state index contributed by atoms with van der Waals surface area (Å²) in [7, 11) is 0. The van der Waals surface area contributed by atoms with Crippen molar-refractivity contribution in [2.75, 3.05) is 18.4 Å². The van der Waals surface area contributed by atoms with Gasteiger partial charge < -0.3 is 10.6 Å². The van der Waals surface area contributed by atoms with Crippen LogP contribution in [-0.2, 0) is 0 Å². The predicted molar refractivity (Wildman–Crippen MR) is 106 cm³/mol. The first-order valence-corrected chi connectivity index (χ1v) is 9.08. The Hall–Kier alpha value is -2.58. The highest BCUT2D eigenvalue weighted by molar-refractivity contribution is 5.60. The minimum atomic E-state index is 0.530. The zero-order valence-corrected chi connectivity index (χ0v) is 14.4. The van der Waals surface area contributed by atoms with Gasteiger partial charge in [-0.25, -0.2) is 0 Å². The van der Waals surface area contributed by atoms with Gasteiger partial charge >= 0.3 is 0 Å². The van der Waals surface area contributed by atoms with Gasteiger partial charge in [-0.3, -0.25) is 0 Å².